The van der Waals surface area contributed by atoms with E-state index in [-0.39, 0.29) is 11.8 Å². The normalized spacial score (nSPS) is 12.4. The van der Waals surface area contributed by atoms with Crippen molar-refractivity contribution < 1.29 is 14.3 Å². The van der Waals surface area contributed by atoms with Crippen molar-refractivity contribution in [2.75, 3.05) is 23.9 Å². The summed E-state index contributed by atoms with van der Waals surface area (Å²) in [5.74, 6) is 0.292. The maximum Gasteiger partial charge on any atom is 0.260 e. The highest BCUT2D eigenvalue weighted by atomic mass is 16.5. The fraction of sp³-hybridized carbons (Fsp3) is 0.130. The summed E-state index contributed by atoms with van der Waals surface area (Å²) in [4.78, 5) is 27.6. The first-order chi connectivity index (χ1) is 13.7. The Labute approximate surface area is 163 Å². The maximum absolute atomic E-state index is 13.2. The zero-order valence-electron chi connectivity index (χ0n) is 15.5. The zero-order valence-corrected chi connectivity index (χ0v) is 15.5. The fourth-order valence-electron chi connectivity index (χ4n) is 3.41. The van der Waals surface area contributed by atoms with Crippen molar-refractivity contribution in [3.05, 3.63) is 89.5 Å². The number of nitrogens with one attached hydrogen (secondary N) is 1. The first-order valence-electron chi connectivity index (χ1n) is 9.11. The molecule has 4 rings (SSSR count). The van der Waals surface area contributed by atoms with Crippen molar-refractivity contribution in [2.24, 2.45) is 0 Å². The van der Waals surface area contributed by atoms with Gasteiger partial charge in [-0.3, -0.25) is 9.59 Å². The van der Waals surface area contributed by atoms with Gasteiger partial charge in [-0.05, 0) is 54.4 Å². The summed E-state index contributed by atoms with van der Waals surface area (Å²) in [7, 11) is 1.58. The average molecular weight is 372 g/mol. The number of anilines is 2. The molecule has 1 heterocycles. The van der Waals surface area contributed by atoms with Gasteiger partial charge >= 0.3 is 0 Å². The summed E-state index contributed by atoms with van der Waals surface area (Å²) >= 11 is 0. The molecule has 28 heavy (non-hydrogen) atoms. The molecule has 2 amide bonds. The predicted octanol–water partition coefficient (Wildman–Crippen LogP) is 4.15. The Balaban J connectivity index is 1.58. The van der Waals surface area contributed by atoms with Crippen molar-refractivity contribution in [1.29, 1.82) is 0 Å². The highest BCUT2D eigenvalue weighted by Crippen LogP contribution is 2.30. The molecular formula is C23H20N2O3. The number of rotatable bonds is 4. The number of carbonyl (C=O) groups excluding carboxylic acids is 2. The summed E-state index contributed by atoms with van der Waals surface area (Å²) in [6.45, 7) is 0.638. The van der Waals surface area contributed by atoms with Gasteiger partial charge in [-0.15, -0.1) is 0 Å². The van der Waals surface area contributed by atoms with Crippen LogP contribution in [0.3, 0.4) is 0 Å². The van der Waals surface area contributed by atoms with Crippen LogP contribution in [-0.4, -0.2) is 25.5 Å². The summed E-state index contributed by atoms with van der Waals surface area (Å²) < 4.78 is 5.12. The van der Waals surface area contributed by atoms with E-state index < -0.39 is 0 Å². The van der Waals surface area contributed by atoms with Gasteiger partial charge in [0.1, 0.15) is 5.75 Å². The van der Waals surface area contributed by atoms with Crippen LogP contribution in [0.25, 0.3) is 0 Å². The van der Waals surface area contributed by atoms with E-state index in [1.807, 2.05) is 24.3 Å². The van der Waals surface area contributed by atoms with Crippen LogP contribution >= 0.6 is 0 Å². The summed E-state index contributed by atoms with van der Waals surface area (Å²) in [5.41, 5.74) is 3.56. The van der Waals surface area contributed by atoms with Gasteiger partial charge in [0.15, 0.2) is 0 Å². The van der Waals surface area contributed by atoms with Crippen molar-refractivity contribution in [3.8, 4) is 5.75 Å². The molecule has 3 aromatic rings. The second kappa shape index (κ2) is 7.56. The minimum atomic E-state index is -0.273. The minimum Gasteiger partial charge on any atom is -0.497 e. The second-order valence-corrected chi connectivity index (χ2v) is 6.56. The summed E-state index contributed by atoms with van der Waals surface area (Å²) in [6, 6.07) is 21.8. The van der Waals surface area contributed by atoms with Gasteiger partial charge < -0.3 is 15.0 Å². The molecule has 0 bridgehead atoms. The number of amides is 2. The standard InChI is InChI=1S/C23H20N2O3/c1-28-18-12-10-17(11-13-18)22(26)24-20-8-4-3-7-19(20)23(27)25-15-14-16-6-2-5-9-21(16)25/h2-13H,14-15H2,1H3,(H,24,26). The topological polar surface area (TPSA) is 58.6 Å². The molecule has 5 heteroatoms. The molecule has 5 nitrogen and oxygen atoms in total. The Hall–Kier alpha value is -3.60. The number of benzene rings is 3. The Morgan fingerprint density at radius 3 is 2.43 bits per heavy atom. The molecule has 0 saturated heterocycles. The molecule has 0 unspecified atom stereocenters. The molecule has 0 fully saturated rings. The van der Waals surface area contributed by atoms with E-state index in [2.05, 4.69) is 5.32 Å². The third-order valence-electron chi connectivity index (χ3n) is 4.89. The van der Waals surface area contributed by atoms with E-state index in [0.717, 1.165) is 17.7 Å². The number of methoxy groups -OCH3 is 1. The van der Waals surface area contributed by atoms with Crippen LogP contribution in [0, 0.1) is 0 Å². The Bertz CT molecular complexity index is 1030. The molecule has 3 aromatic carbocycles. The van der Waals surface area contributed by atoms with Crippen LogP contribution in [0.15, 0.2) is 72.8 Å². The summed E-state index contributed by atoms with van der Waals surface area (Å²) in [5, 5.41) is 2.87. The van der Waals surface area contributed by atoms with E-state index in [9.17, 15) is 9.59 Å². The Morgan fingerprint density at radius 1 is 0.929 bits per heavy atom. The first-order valence-corrected chi connectivity index (χ1v) is 9.11. The van der Waals surface area contributed by atoms with E-state index in [1.165, 1.54) is 0 Å². The molecule has 1 aliphatic rings. The van der Waals surface area contributed by atoms with Gasteiger partial charge in [0.25, 0.3) is 11.8 Å². The Kier molecular flexibility index (Phi) is 4.81. The molecular weight excluding hydrogens is 352 g/mol. The van der Waals surface area contributed by atoms with Gasteiger partial charge in [0.2, 0.25) is 0 Å². The van der Waals surface area contributed by atoms with Gasteiger partial charge in [-0.2, -0.15) is 0 Å². The zero-order chi connectivity index (χ0) is 19.5. The third-order valence-corrected chi connectivity index (χ3v) is 4.89. The number of hydrogen-bond donors (Lipinski definition) is 1. The SMILES string of the molecule is COc1ccc(C(=O)Nc2ccccc2C(=O)N2CCc3ccccc32)cc1. The minimum absolute atomic E-state index is 0.115. The number of ether oxygens (including phenoxy) is 1. The molecule has 0 spiro atoms. The molecule has 0 aliphatic carbocycles. The quantitative estimate of drug-likeness (QED) is 0.748. The van der Waals surface area contributed by atoms with Crippen molar-refractivity contribution >= 4 is 23.2 Å². The smallest absolute Gasteiger partial charge is 0.260 e. The summed E-state index contributed by atoms with van der Waals surface area (Å²) in [6.07, 6.45) is 0.836. The molecule has 1 aliphatic heterocycles. The van der Waals surface area contributed by atoms with Crippen LogP contribution in [0.5, 0.6) is 5.75 Å². The highest BCUT2D eigenvalue weighted by molar-refractivity contribution is 6.14. The van der Waals surface area contributed by atoms with Gasteiger partial charge in [0, 0.05) is 17.8 Å². The number of para-hydroxylation sites is 2. The highest BCUT2D eigenvalue weighted by Gasteiger charge is 2.26. The first kappa shape index (κ1) is 17.8. The number of hydrogen-bond acceptors (Lipinski definition) is 3. The molecule has 0 radical (unpaired) electrons. The predicted molar refractivity (Wildman–Crippen MR) is 109 cm³/mol. The average Bonchev–Trinajstić information content (AvgIpc) is 3.18. The van der Waals surface area contributed by atoms with Gasteiger partial charge in [-0.25, -0.2) is 0 Å². The lowest BCUT2D eigenvalue weighted by molar-refractivity contribution is 0.0990. The number of nitrogens with zero attached hydrogens (tertiary/aromatic N) is 1. The van der Waals surface area contributed by atoms with Gasteiger partial charge in [-0.1, -0.05) is 30.3 Å². The maximum atomic E-state index is 13.2. The van der Waals surface area contributed by atoms with Crippen LogP contribution < -0.4 is 15.0 Å². The third kappa shape index (κ3) is 3.34. The van der Waals surface area contributed by atoms with Crippen LogP contribution in [0.1, 0.15) is 26.3 Å². The van der Waals surface area contributed by atoms with E-state index in [1.54, 1.807) is 60.5 Å². The lowest BCUT2D eigenvalue weighted by Gasteiger charge is -2.19. The van der Waals surface area contributed by atoms with Crippen LogP contribution in [0.2, 0.25) is 0 Å². The van der Waals surface area contributed by atoms with E-state index in [4.69, 9.17) is 4.74 Å². The van der Waals surface area contributed by atoms with E-state index in [0.29, 0.717) is 29.1 Å². The van der Waals surface area contributed by atoms with Crippen molar-refractivity contribution in [3.63, 3.8) is 0 Å². The van der Waals surface area contributed by atoms with Crippen molar-refractivity contribution in [1.82, 2.24) is 0 Å². The largest absolute Gasteiger partial charge is 0.497 e. The molecule has 140 valence electrons. The monoisotopic (exact) mass is 372 g/mol. The fourth-order valence-corrected chi connectivity index (χ4v) is 3.41. The molecule has 0 atom stereocenters. The second-order valence-electron chi connectivity index (χ2n) is 6.56. The molecule has 0 saturated carbocycles. The van der Waals surface area contributed by atoms with Gasteiger partial charge in [0.05, 0.1) is 18.4 Å². The number of carbonyl (C=O) groups is 2. The molecule has 1 N–H and O–H groups in total. The van der Waals surface area contributed by atoms with Crippen LogP contribution in [-0.2, 0) is 6.42 Å². The number of fused-ring (bicyclic) bond motifs is 1. The Morgan fingerprint density at radius 2 is 1.64 bits per heavy atom. The lowest BCUT2D eigenvalue weighted by Crippen LogP contribution is -2.30. The lowest BCUT2D eigenvalue weighted by atomic mass is 10.1. The van der Waals surface area contributed by atoms with E-state index >= 15 is 0 Å². The van der Waals surface area contributed by atoms with Crippen molar-refractivity contribution in [2.45, 2.75) is 6.42 Å². The molecule has 0 aromatic heterocycles. The van der Waals surface area contributed by atoms with Crippen LogP contribution in [0.4, 0.5) is 11.4 Å².